The number of likely N-dealkylation sites (N-methyl/N-ethyl adjacent to an activating group) is 1. The molecule has 0 bridgehead atoms. The average molecular weight is 363 g/mol. The molecule has 2 aromatic rings. The second kappa shape index (κ2) is 7.98. The van der Waals surface area contributed by atoms with E-state index < -0.39 is 11.0 Å². The Hall–Kier alpha value is -2.60. The van der Waals surface area contributed by atoms with Gasteiger partial charge in [-0.15, -0.1) is 0 Å². The largest absolute Gasteiger partial charge is 0.481 e. The van der Waals surface area contributed by atoms with Crippen LogP contribution in [0.1, 0.15) is 25.5 Å². The maximum atomic E-state index is 12.6. The molecule has 0 saturated carbocycles. The Labute approximate surface area is 151 Å². The second-order valence-electron chi connectivity index (χ2n) is 5.69. The van der Waals surface area contributed by atoms with E-state index in [2.05, 4.69) is 0 Å². The molecule has 0 heterocycles. The highest BCUT2D eigenvalue weighted by Crippen LogP contribution is 2.24. The summed E-state index contributed by atoms with van der Waals surface area (Å²) < 4.78 is 5.64. The van der Waals surface area contributed by atoms with Crippen molar-refractivity contribution in [3.05, 3.63) is 69.2 Å². The van der Waals surface area contributed by atoms with E-state index in [1.165, 1.54) is 17.0 Å². The first-order valence-corrected chi connectivity index (χ1v) is 8.10. The van der Waals surface area contributed by atoms with Gasteiger partial charge in [0, 0.05) is 24.2 Å². The van der Waals surface area contributed by atoms with E-state index in [-0.39, 0.29) is 17.6 Å². The number of hydrogen-bond donors (Lipinski definition) is 0. The average Bonchev–Trinajstić information content (AvgIpc) is 2.59. The Bertz CT molecular complexity index is 781. The number of halogens is 1. The Morgan fingerprint density at radius 3 is 2.52 bits per heavy atom. The van der Waals surface area contributed by atoms with Gasteiger partial charge in [0.2, 0.25) is 0 Å². The van der Waals surface area contributed by atoms with E-state index in [4.69, 9.17) is 16.3 Å². The van der Waals surface area contributed by atoms with Crippen LogP contribution in [0.4, 0.5) is 5.69 Å². The Kier molecular flexibility index (Phi) is 5.98. The highest BCUT2D eigenvalue weighted by Gasteiger charge is 2.24. The minimum absolute atomic E-state index is 0.00609. The molecule has 0 aliphatic heterocycles. The van der Waals surface area contributed by atoms with Crippen molar-refractivity contribution in [1.82, 2.24) is 4.90 Å². The van der Waals surface area contributed by atoms with Crippen LogP contribution in [0.25, 0.3) is 0 Å². The molecule has 0 aliphatic carbocycles. The SMILES string of the molecule is CC(Oc1cccc(Cl)c1)C(=O)N(C)C(C)c1cccc([N+](=O)[O-])c1. The number of non-ortho nitro benzene ring substituents is 1. The number of benzene rings is 2. The van der Waals surface area contributed by atoms with Crippen molar-refractivity contribution in [2.45, 2.75) is 26.0 Å². The summed E-state index contributed by atoms with van der Waals surface area (Å²) >= 11 is 5.91. The lowest BCUT2D eigenvalue weighted by Crippen LogP contribution is -2.39. The van der Waals surface area contributed by atoms with E-state index >= 15 is 0 Å². The first kappa shape index (κ1) is 18.7. The molecule has 2 aromatic carbocycles. The smallest absolute Gasteiger partial charge is 0.269 e. The van der Waals surface area contributed by atoms with Gasteiger partial charge in [0.25, 0.3) is 11.6 Å². The molecule has 0 spiro atoms. The van der Waals surface area contributed by atoms with Gasteiger partial charge in [-0.05, 0) is 37.6 Å². The van der Waals surface area contributed by atoms with Gasteiger partial charge < -0.3 is 9.64 Å². The standard InChI is InChI=1S/C18H19ClN2O4/c1-12(14-6-4-8-16(10-14)21(23)24)20(3)18(22)13(2)25-17-9-5-7-15(19)11-17/h4-13H,1-3H3. The normalized spacial score (nSPS) is 13.0. The molecule has 2 rings (SSSR count). The topological polar surface area (TPSA) is 72.7 Å². The van der Waals surface area contributed by atoms with Gasteiger partial charge in [-0.25, -0.2) is 0 Å². The summed E-state index contributed by atoms with van der Waals surface area (Å²) in [6.07, 6.45) is -0.718. The van der Waals surface area contributed by atoms with Gasteiger partial charge in [-0.1, -0.05) is 29.8 Å². The minimum Gasteiger partial charge on any atom is -0.481 e. The fourth-order valence-corrected chi connectivity index (χ4v) is 2.57. The third-order valence-corrected chi connectivity index (χ3v) is 4.18. The zero-order valence-corrected chi connectivity index (χ0v) is 14.9. The predicted molar refractivity (Wildman–Crippen MR) is 95.8 cm³/mol. The molecule has 2 unspecified atom stereocenters. The number of carbonyl (C=O) groups excluding carboxylic acids is 1. The van der Waals surface area contributed by atoms with Crippen LogP contribution in [0.5, 0.6) is 5.75 Å². The molecule has 1 amide bonds. The number of carbonyl (C=O) groups is 1. The number of rotatable bonds is 6. The highest BCUT2D eigenvalue weighted by atomic mass is 35.5. The van der Waals surface area contributed by atoms with Crippen molar-refractivity contribution in [2.24, 2.45) is 0 Å². The van der Waals surface area contributed by atoms with Crippen molar-refractivity contribution < 1.29 is 14.5 Å². The first-order chi connectivity index (χ1) is 11.8. The molecule has 0 aromatic heterocycles. The third kappa shape index (κ3) is 4.70. The molecule has 2 atom stereocenters. The van der Waals surface area contributed by atoms with Gasteiger partial charge in [-0.3, -0.25) is 14.9 Å². The number of nitro benzene ring substituents is 1. The monoisotopic (exact) mass is 362 g/mol. The predicted octanol–water partition coefficient (Wildman–Crippen LogP) is 4.24. The molecule has 0 fully saturated rings. The van der Waals surface area contributed by atoms with E-state index in [1.54, 1.807) is 50.4 Å². The number of nitrogens with zero attached hydrogens (tertiary/aromatic N) is 2. The van der Waals surface area contributed by atoms with Gasteiger partial charge in [0.05, 0.1) is 11.0 Å². The number of hydrogen-bond acceptors (Lipinski definition) is 4. The molecule has 132 valence electrons. The van der Waals surface area contributed by atoms with Crippen molar-refractivity contribution in [2.75, 3.05) is 7.05 Å². The van der Waals surface area contributed by atoms with Gasteiger partial charge in [0.1, 0.15) is 5.75 Å². The molecular formula is C18H19ClN2O4. The van der Waals surface area contributed by atoms with Crippen molar-refractivity contribution in [1.29, 1.82) is 0 Å². The molecule has 0 aliphatic rings. The third-order valence-electron chi connectivity index (χ3n) is 3.95. The van der Waals surface area contributed by atoms with Crippen LogP contribution < -0.4 is 4.74 Å². The maximum absolute atomic E-state index is 12.6. The van der Waals surface area contributed by atoms with Gasteiger partial charge >= 0.3 is 0 Å². The first-order valence-electron chi connectivity index (χ1n) is 7.73. The Morgan fingerprint density at radius 1 is 1.20 bits per heavy atom. The minimum atomic E-state index is -0.718. The Morgan fingerprint density at radius 2 is 1.88 bits per heavy atom. The van der Waals surface area contributed by atoms with Crippen LogP contribution in [-0.2, 0) is 4.79 Å². The molecule has 0 N–H and O–H groups in total. The van der Waals surface area contributed by atoms with Crippen molar-refractivity contribution in [3.8, 4) is 5.75 Å². The summed E-state index contributed by atoms with van der Waals surface area (Å²) in [4.78, 5) is 24.6. The number of amides is 1. The molecule has 6 nitrogen and oxygen atoms in total. The lowest BCUT2D eigenvalue weighted by atomic mass is 10.1. The van der Waals surface area contributed by atoms with E-state index in [9.17, 15) is 14.9 Å². The number of nitro groups is 1. The van der Waals surface area contributed by atoms with E-state index in [0.717, 1.165) is 0 Å². The fourth-order valence-electron chi connectivity index (χ4n) is 2.39. The zero-order chi connectivity index (χ0) is 18.6. The summed E-state index contributed by atoms with van der Waals surface area (Å²) in [5.41, 5.74) is 0.674. The second-order valence-corrected chi connectivity index (χ2v) is 6.13. The summed E-state index contributed by atoms with van der Waals surface area (Å²) in [5, 5.41) is 11.4. The molecule has 0 radical (unpaired) electrons. The van der Waals surface area contributed by atoms with Crippen LogP contribution in [0.2, 0.25) is 5.02 Å². The van der Waals surface area contributed by atoms with Gasteiger partial charge in [-0.2, -0.15) is 0 Å². The lowest BCUT2D eigenvalue weighted by Gasteiger charge is -2.28. The van der Waals surface area contributed by atoms with Crippen LogP contribution in [0.15, 0.2) is 48.5 Å². The highest BCUT2D eigenvalue weighted by molar-refractivity contribution is 6.30. The lowest BCUT2D eigenvalue weighted by molar-refractivity contribution is -0.384. The van der Waals surface area contributed by atoms with Gasteiger partial charge in [0.15, 0.2) is 6.10 Å². The summed E-state index contributed by atoms with van der Waals surface area (Å²) in [6.45, 7) is 3.46. The van der Waals surface area contributed by atoms with E-state index in [1.807, 2.05) is 6.92 Å². The van der Waals surface area contributed by atoms with Crippen molar-refractivity contribution in [3.63, 3.8) is 0 Å². The molecule has 25 heavy (non-hydrogen) atoms. The van der Waals surface area contributed by atoms with Crippen LogP contribution in [-0.4, -0.2) is 28.9 Å². The fraction of sp³-hybridized carbons (Fsp3) is 0.278. The maximum Gasteiger partial charge on any atom is 0.269 e. The van der Waals surface area contributed by atoms with Crippen LogP contribution in [0, 0.1) is 10.1 Å². The molecule has 7 heteroatoms. The van der Waals surface area contributed by atoms with Crippen LogP contribution in [0.3, 0.4) is 0 Å². The molecule has 0 saturated heterocycles. The zero-order valence-electron chi connectivity index (χ0n) is 14.2. The summed E-state index contributed by atoms with van der Waals surface area (Å²) in [5.74, 6) is 0.267. The quantitative estimate of drug-likeness (QED) is 0.569. The van der Waals surface area contributed by atoms with E-state index in [0.29, 0.717) is 16.3 Å². The van der Waals surface area contributed by atoms with Crippen LogP contribution >= 0.6 is 11.6 Å². The summed E-state index contributed by atoms with van der Waals surface area (Å²) in [7, 11) is 1.64. The Balaban J connectivity index is 2.10. The molecular weight excluding hydrogens is 344 g/mol. The summed E-state index contributed by atoms with van der Waals surface area (Å²) in [6, 6.07) is 12.7. The number of ether oxygens (including phenoxy) is 1. The van der Waals surface area contributed by atoms with Crippen molar-refractivity contribution >= 4 is 23.2 Å².